The standard InChI is InChI=1S/C20H30FN3O3S/c1-3-4-5-6-7-8-19(22-25)16-28(26,27)24-14-13-23(15-17(24)2)20-11-9-18(21)10-12-20/h9-12,17,19,22,25H,3-6,13-16H2,1-2H3/t17-,19?/m1/s1. The topological polar surface area (TPSA) is 72.9 Å². The Morgan fingerprint density at radius 1 is 1.29 bits per heavy atom. The summed E-state index contributed by atoms with van der Waals surface area (Å²) < 4.78 is 40.2. The number of sulfonamides is 1. The Balaban J connectivity index is 1.96. The van der Waals surface area contributed by atoms with Gasteiger partial charge in [0, 0.05) is 37.8 Å². The van der Waals surface area contributed by atoms with Gasteiger partial charge >= 0.3 is 0 Å². The molecule has 156 valence electrons. The largest absolute Gasteiger partial charge is 0.369 e. The SMILES string of the molecule is CCCCCC#CC(CS(=O)(=O)N1CCN(c2ccc(F)cc2)C[C@H]1C)NO. The molecule has 1 aromatic carbocycles. The van der Waals surface area contributed by atoms with Crippen molar-refractivity contribution in [2.45, 2.75) is 51.6 Å². The second-order valence-corrected chi connectivity index (χ2v) is 9.09. The fourth-order valence-corrected chi connectivity index (χ4v) is 5.06. The van der Waals surface area contributed by atoms with Crippen LogP contribution >= 0.6 is 0 Å². The van der Waals surface area contributed by atoms with Crippen molar-refractivity contribution >= 4 is 15.7 Å². The molecule has 0 aromatic heterocycles. The van der Waals surface area contributed by atoms with Gasteiger partial charge in [0.2, 0.25) is 10.0 Å². The Hall–Kier alpha value is -1.66. The Kier molecular flexibility index (Phi) is 8.70. The fraction of sp³-hybridized carbons (Fsp3) is 0.600. The van der Waals surface area contributed by atoms with Crippen molar-refractivity contribution in [3.63, 3.8) is 0 Å². The molecule has 6 nitrogen and oxygen atoms in total. The van der Waals surface area contributed by atoms with Crippen LogP contribution in [-0.2, 0) is 10.0 Å². The van der Waals surface area contributed by atoms with E-state index in [1.807, 2.05) is 17.3 Å². The molecule has 1 aliphatic heterocycles. The number of rotatable bonds is 8. The van der Waals surface area contributed by atoms with E-state index in [-0.39, 0.29) is 17.6 Å². The summed E-state index contributed by atoms with van der Waals surface area (Å²) in [5, 5.41) is 9.30. The van der Waals surface area contributed by atoms with Crippen LogP contribution < -0.4 is 10.4 Å². The minimum absolute atomic E-state index is 0.236. The third kappa shape index (κ3) is 6.45. The van der Waals surface area contributed by atoms with Crippen LogP contribution in [0.3, 0.4) is 0 Å². The van der Waals surface area contributed by atoms with Crippen LogP contribution in [0, 0.1) is 17.7 Å². The Labute approximate surface area is 167 Å². The summed E-state index contributed by atoms with van der Waals surface area (Å²) in [7, 11) is -3.58. The molecule has 1 aliphatic rings. The van der Waals surface area contributed by atoms with E-state index in [2.05, 4.69) is 18.8 Å². The van der Waals surface area contributed by atoms with Gasteiger partial charge in [0.25, 0.3) is 0 Å². The molecule has 28 heavy (non-hydrogen) atoms. The predicted octanol–water partition coefficient (Wildman–Crippen LogP) is 2.60. The summed E-state index contributed by atoms with van der Waals surface area (Å²) in [6.07, 6.45) is 3.84. The zero-order chi connectivity index (χ0) is 20.6. The van der Waals surface area contributed by atoms with Gasteiger partial charge in [-0.15, -0.1) is 5.92 Å². The highest BCUT2D eigenvalue weighted by Gasteiger charge is 2.34. The molecule has 1 saturated heterocycles. The lowest BCUT2D eigenvalue weighted by Gasteiger charge is -2.40. The molecule has 0 saturated carbocycles. The second kappa shape index (κ2) is 10.8. The number of hydrogen-bond donors (Lipinski definition) is 2. The average Bonchev–Trinajstić information content (AvgIpc) is 2.67. The molecule has 2 N–H and O–H groups in total. The van der Waals surface area contributed by atoms with Crippen molar-refractivity contribution in [1.29, 1.82) is 0 Å². The van der Waals surface area contributed by atoms with Gasteiger partial charge in [-0.05, 0) is 37.6 Å². The molecule has 0 spiro atoms. The molecule has 0 amide bonds. The smallest absolute Gasteiger partial charge is 0.217 e. The number of benzene rings is 1. The molecule has 0 radical (unpaired) electrons. The molecule has 2 rings (SSSR count). The van der Waals surface area contributed by atoms with Gasteiger partial charge in [-0.2, -0.15) is 9.79 Å². The summed E-state index contributed by atoms with van der Waals surface area (Å²) in [5.74, 6) is 5.19. The lowest BCUT2D eigenvalue weighted by Crippen LogP contribution is -2.55. The maximum absolute atomic E-state index is 13.1. The molecule has 2 atom stereocenters. The Morgan fingerprint density at radius 2 is 2.00 bits per heavy atom. The van der Waals surface area contributed by atoms with E-state index < -0.39 is 16.1 Å². The van der Waals surface area contributed by atoms with Crippen molar-refractivity contribution in [3.8, 4) is 11.8 Å². The minimum atomic E-state index is -3.58. The zero-order valence-corrected chi connectivity index (χ0v) is 17.4. The average molecular weight is 412 g/mol. The highest BCUT2D eigenvalue weighted by molar-refractivity contribution is 7.89. The minimum Gasteiger partial charge on any atom is -0.369 e. The first-order valence-electron chi connectivity index (χ1n) is 9.75. The summed E-state index contributed by atoms with van der Waals surface area (Å²) in [5.41, 5.74) is 2.89. The number of hydrogen-bond acceptors (Lipinski definition) is 5. The third-order valence-corrected chi connectivity index (χ3v) is 6.84. The summed E-state index contributed by atoms with van der Waals surface area (Å²) in [6.45, 7) is 5.34. The monoisotopic (exact) mass is 411 g/mol. The van der Waals surface area contributed by atoms with E-state index in [1.54, 1.807) is 12.1 Å². The van der Waals surface area contributed by atoms with Crippen molar-refractivity contribution < 1.29 is 18.0 Å². The number of piperazine rings is 1. The summed E-state index contributed by atoms with van der Waals surface area (Å²) in [4.78, 5) is 2.05. The lowest BCUT2D eigenvalue weighted by molar-refractivity contribution is 0.152. The van der Waals surface area contributed by atoms with E-state index in [0.29, 0.717) is 26.1 Å². The van der Waals surface area contributed by atoms with Crippen LogP contribution in [-0.4, -0.2) is 55.4 Å². The fourth-order valence-electron chi connectivity index (χ4n) is 3.32. The number of unbranched alkanes of at least 4 members (excludes halogenated alkanes) is 3. The molecule has 1 heterocycles. The van der Waals surface area contributed by atoms with Crippen LogP contribution in [0.4, 0.5) is 10.1 Å². The zero-order valence-electron chi connectivity index (χ0n) is 16.6. The van der Waals surface area contributed by atoms with E-state index in [1.165, 1.54) is 16.4 Å². The first kappa shape index (κ1) is 22.6. The van der Waals surface area contributed by atoms with Crippen LogP contribution in [0.15, 0.2) is 24.3 Å². The first-order chi connectivity index (χ1) is 13.4. The van der Waals surface area contributed by atoms with Crippen molar-refractivity contribution in [1.82, 2.24) is 9.79 Å². The summed E-state index contributed by atoms with van der Waals surface area (Å²) in [6, 6.07) is 5.16. The van der Waals surface area contributed by atoms with Gasteiger partial charge in [0.15, 0.2) is 0 Å². The van der Waals surface area contributed by atoms with Gasteiger partial charge in [0.05, 0.1) is 5.75 Å². The van der Waals surface area contributed by atoms with Gasteiger partial charge < -0.3 is 10.1 Å². The number of nitrogens with one attached hydrogen (secondary N) is 1. The molecule has 1 fully saturated rings. The molecule has 0 aliphatic carbocycles. The quantitative estimate of drug-likeness (QED) is 0.391. The van der Waals surface area contributed by atoms with Gasteiger partial charge in [-0.3, -0.25) is 0 Å². The highest BCUT2D eigenvalue weighted by Crippen LogP contribution is 2.21. The van der Waals surface area contributed by atoms with E-state index >= 15 is 0 Å². The van der Waals surface area contributed by atoms with Crippen molar-refractivity contribution in [2.24, 2.45) is 0 Å². The third-order valence-electron chi connectivity index (χ3n) is 4.83. The van der Waals surface area contributed by atoms with Crippen molar-refractivity contribution in [2.75, 3.05) is 30.3 Å². The normalized spacial score (nSPS) is 19.1. The van der Waals surface area contributed by atoms with Crippen LogP contribution in [0.5, 0.6) is 0 Å². The Morgan fingerprint density at radius 3 is 2.61 bits per heavy atom. The van der Waals surface area contributed by atoms with Gasteiger partial charge in [-0.1, -0.05) is 25.7 Å². The maximum Gasteiger partial charge on any atom is 0.217 e. The first-order valence-corrected chi connectivity index (χ1v) is 11.4. The molecule has 1 aromatic rings. The van der Waals surface area contributed by atoms with Crippen LogP contribution in [0.25, 0.3) is 0 Å². The number of nitrogens with zero attached hydrogens (tertiary/aromatic N) is 2. The summed E-state index contributed by atoms with van der Waals surface area (Å²) >= 11 is 0. The van der Waals surface area contributed by atoms with Gasteiger partial charge in [0.1, 0.15) is 11.9 Å². The molecule has 1 unspecified atom stereocenters. The molecular weight excluding hydrogens is 381 g/mol. The number of halogens is 1. The maximum atomic E-state index is 13.1. The van der Waals surface area contributed by atoms with Gasteiger partial charge in [-0.25, -0.2) is 12.8 Å². The molecule has 8 heteroatoms. The molecule has 0 bridgehead atoms. The predicted molar refractivity (Wildman–Crippen MR) is 109 cm³/mol. The number of hydroxylamine groups is 1. The van der Waals surface area contributed by atoms with E-state index in [9.17, 15) is 18.0 Å². The molecular formula is C20H30FN3O3S. The van der Waals surface area contributed by atoms with E-state index in [4.69, 9.17) is 0 Å². The van der Waals surface area contributed by atoms with E-state index in [0.717, 1.165) is 24.9 Å². The number of anilines is 1. The van der Waals surface area contributed by atoms with Crippen LogP contribution in [0.2, 0.25) is 0 Å². The van der Waals surface area contributed by atoms with Crippen molar-refractivity contribution in [3.05, 3.63) is 30.1 Å². The van der Waals surface area contributed by atoms with Crippen LogP contribution in [0.1, 0.15) is 39.5 Å². The second-order valence-electron chi connectivity index (χ2n) is 7.12. The lowest BCUT2D eigenvalue weighted by atomic mass is 10.2. The highest BCUT2D eigenvalue weighted by atomic mass is 32.2. The Bertz CT molecular complexity index is 774.